The Hall–Kier alpha value is -1.65. The fourth-order valence-corrected chi connectivity index (χ4v) is 3.38. The lowest BCUT2D eigenvalue weighted by molar-refractivity contribution is -0.132. The first-order chi connectivity index (χ1) is 11.2. The van der Waals surface area contributed by atoms with Gasteiger partial charge in [0.2, 0.25) is 5.91 Å². The molecule has 3 rings (SSSR count). The van der Waals surface area contributed by atoms with Gasteiger partial charge < -0.3 is 4.90 Å². The molecule has 0 N–H and O–H groups in total. The van der Waals surface area contributed by atoms with Gasteiger partial charge >= 0.3 is 0 Å². The Morgan fingerprint density at radius 2 is 1.61 bits per heavy atom. The molecule has 1 amide bonds. The summed E-state index contributed by atoms with van der Waals surface area (Å²) in [6, 6.07) is 18.5. The number of carbonyl (C=O) groups is 1. The van der Waals surface area contributed by atoms with Crippen LogP contribution in [0.3, 0.4) is 0 Å². The average molecular weight is 373 g/mol. The maximum atomic E-state index is 12.4. The number of hydrogen-bond donors (Lipinski definition) is 0. The number of halogens is 1. The van der Waals surface area contributed by atoms with Gasteiger partial charge in [-0.1, -0.05) is 58.4 Å². The minimum absolute atomic E-state index is 0.225. The van der Waals surface area contributed by atoms with Crippen LogP contribution in [0, 0.1) is 0 Å². The molecule has 0 aliphatic carbocycles. The largest absolute Gasteiger partial charge is 0.340 e. The zero-order valence-electron chi connectivity index (χ0n) is 13.1. The number of piperazine rings is 1. The SMILES string of the molecule is O=C(Cc1cccc(Br)c1)N1CCN(Cc2ccccc2)CC1. The molecule has 0 atom stereocenters. The first-order valence-corrected chi connectivity index (χ1v) is 8.78. The van der Waals surface area contributed by atoms with Gasteiger partial charge in [-0.2, -0.15) is 0 Å². The summed E-state index contributed by atoms with van der Waals surface area (Å²) in [6.45, 7) is 4.49. The number of nitrogens with zero attached hydrogens (tertiary/aromatic N) is 2. The highest BCUT2D eigenvalue weighted by atomic mass is 79.9. The smallest absolute Gasteiger partial charge is 0.227 e. The first-order valence-electron chi connectivity index (χ1n) is 7.99. The van der Waals surface area contributed by atoms with Gasteiger partial charge in [-0.05, 0) is 23.3 Å². The van der Waals surface area contributed by atoms with E-state index in [1.807, 2.05) is 35.2 Å². The summed E-state index contributed by atoms with van der Waals surface area (Å²) in [4.78, 5) is 16.8. The van der Waals surface area contributed by atoms with Gasteiger partial charge in [0.05, 0.1) is 6.42 Å². The van der Waals surface area contributed by atoms with Gasteiger partial charge in [0.25, 0.3) is 0 Å². The van der Waals surface area contributed by atoms with Crippen molar-refractivity contribution in [1.82, 2.24) is 9.80 Å². The Balaban J connectivity index is 1.49. The van der Waals surface area contributed by atoms with Crippen LogP contribution in [0.1, 0.15) is 11.1 Å². The van der Waals surface area contributed by atoms with Gasteiger partial charge in [-0.25, -0.2) is 0 Å². The number of rotatable bonds is 4. The van der Waals surface area contributed by atoms with Crippen LogP contribution in [0.5, 0.6) is 0 Å². The Kier molecular flexibility index (Phi) is 5.47. The topological polar surface area (TPSA) is 23.6 Å². The molecule has 23 heavy (non-hydrogen) atoms. The van der Waals surface area contributed by atoms with E-state index in [0.29, 0.717) is 6.42 Å². The van der Waals surface area contributed by atoms with E-state index in [-0.39, 0.29) is 5.91 Å². The zero-order valence-corrected chi connectivity index (χ0v) is 14.7. The molecule has 0 aromatic heterocycles. The summed E-state index contributed by atoms with van der Waals surface area (Å²) in [5, 5.41) is 0. The Morgan fingerprint density at radius 1 is 0.913 bits per heavy atom. The Bertz CT molecular complexity index is 651. The fraction of sp³-hybridized carbons (Fsp3) is 0.316. The molecule has 120 valence electrons. The highest BCUT2D eigenvalue weighted by molar-refractivity contribution is 9.10. The van der Waals surface area contributed by atoms with E-state index in [1.165, 1.54) is 5.56 Å². The van der Waals surface area contributed by atoms with Crippen molar-refractivity contribution in [3.63, 3.8) is 0 Å². The third-order valence-corrected chi connectivity index (χ3v) is 4.71. The van der Waals surface area contributed by atoms with E-state index in [1.54, 1.807) is 0 Å². The summed E-state index contributed by atoms with van der Waals surface area (Å²) in [6.07, 6.45) is 0.484. The summed E-state index contributed by atoms with van der Waals surface area (Å²) in [5.74, 6) is 0.225. The normalized spacial score (nSPS) is 15.6. The highest BCUT2D eigenvalue weighted by Crippen LogP contribution is 2.14. The van der Waals surface area contributed by atoms with Crippen molar-refractivity contribution in [3.05, 3.63) is 70.2 Å². The second kappa shape index (κ2) is 7.75. The van der Waals surface area contributed by atoms with Crippen LogP contribution in [0.25, 0.3) is 0 Å². The van der Waals surface area contributed by atoms with E-state index in [0.717, 1.165) is 42.8 Å². The predicted molar refractivity (Wildman–Crippen MR) is 96.1 cm³/mol. The lowest BCUT2D eigenvalue weighted by atomic mass is 10.1. The van der Waals surface area contributed by atoms with Crippen LogP contribution >= 0.6 is 15.9 Å². The standard InChI is InChI=1S/C19H21BrN2O/c20-18-8-4-7-17(13-18)14-19(23)22-11-9-21(10-12-22)15-16-5-2-1-3-6-16/h1-8,13H,9-12,14-15H2. The molecule has 4 heteroatoms. The van der Waals surface area contributed by atoms with Gasteiger partial charge in [0, 0.05) is 37.2 Å². The van der Waals surface area contributed by atoms with Crippen LogP contribution in [0.2, 0.25) is 0 Å². The molecule has 2 aromatic carbocycles. The summed E-state index contributed by atoms with van der Waals surface area (Å²) in [5.41, 5.74) is 2.40. The molecule has 0 unspecified atom stereocenters. The van der Waals surface area contributed by atoms with Crippen LogP contribution in [0.4, 0.5) is 0 Å². The van der Waals surface area contributed by atoms with Crippen molar-refractivity contribution in [2.45, 2.75) is 13.0 Å². The molecule has 0 spiro atoms. The summed E-state index contributed by atoms with van der Waals surface area (Å²) >= 11 is 3.46. The first kappa shape index (κ1) is 16.2. The van der Waals surface area contributed by atoms with Crippen LogP contribution in [-0.2, 0) is 17.8 Å². The van der Waals surface area contributed by atoms with E-state index < -0.39 is 0 Å². The minimum atomic E-state index is 0.225. The van der Waals surface area contributed by atoms with Crippen molar-refractivity contribution < 1.29 is 4.79 Å². The van der Waals surface area contributed by atoms with Crippen molar-refractivity contribution in [3.8, 4) is 0 Å². The van der Waals surface area contributed by atoms with Crippen molar-refractivity contribution in [2.24, 2.45) is 0 Å². The lowest BCUT2D eigenvalue weighted by Crippen LogP contribution is -2.48. The third-order valence-electron chi connectivity index (χ3n) is 4.22. The second-order valence-electron chi connectivity index (χ2n) is 5.95. The van der Waals surface area contributed by atoms with Gasteiger partial charge in [0.15, 0.2) is 0 Å². The van der Waals surface area contributed by atoms with Gasteiger partial charge in [-0.3, -0.25) is 9.69 Å². The third kappa shape index (κ3) is 4.66. The molecular formula is C19H21BrN2O. The number of hydrogen-bond acceptors (Lipinski definition) is 2. The lowest BCUT2D eigenvalue weighted by Gasteiger charge is -2.34. The molecule has 0 bridgehead atoms. The molecule has 1 aliphatic rings. The van der Waals surface area contributed by atoms with Gasteiger partial charge in [0.1, 0.15) is 0 Å². The Morgan fingerprint density at radius 3 is 2.30 bits per heavy atom. The van der Waals surface area contributed by atoms with Crippen LogP contribution in [0.15, 0.2) is 59.1 Å². The highest BCUT2D eigenvalue weighted by Gasteiger charge is 2.21. The Labute approximate surface area is 146 Å². The molecule has 3 nitrogen and oxygen atoms in total. The maximum absolute atomic E-state index is 12.4. The molecule has 0 saturated carbocycles. The molecular weight excluding hydrogens is 352 g/mol. The minimum Gasteiger partial charge on any atom is -0.340 e. The van der Waals surface area contributed by atoms with E-state index in [4.69, 9.17) is 0 Å². The van der Waals surface area contributed by atoms with Crippen molar-refractivity contribution in [2.75, 3.05) is 26.2 Å². The van der Waals surface area contributed by atoms with Gasteiger partial charge in [-0.15, -0.1) is 0 Å². The molecule has 0 radical (unpaired) electrons. The average Bonchev–Trinajstić information content (AvgIpc) is 2.56. The second-order valence-corrected chi connectivity index (χ2v) is 6.86. The quantitative estimate of drug-likeness (QED) is 0.821. The fourth-order valence-electron chi connectivity index (χ4n) is 2.93. The molecule has 1 saturated heterocycles. The van der Waals surface area contributed by atoms with Crippen LogP contribution < -0.4 is 0 Å². The molecule has 2 aromatic rings. The number of amides is 1. The summed E-state index contributed by atoms with van der Waals surface area (Å²) in [7, 11) is 0. The van der Waals surface area contributed by atoms with E-state index >= 15 is 0 Å². The van der Waals surface area contributed by atoms with Crippen LogP contribution in [-0.4, -0.2) is 41.9 Å². The molecule has 1 aliphatic heterocycles. The van der Waals surface area contributed by atoms with Crippen molar-refractivity contribution >= 4 is 21.8 Å². The maximum Gasteiger partial charge on any atom is 0.227 e. The summed E-state index contributed by atoms with van der Waals surface area (Å²) < 4.78 is 1.02. The molecule has 1 heterocycles. The number of carbonyl (C=O) groups excluding carboxylic acids is 1. The predicted octanol–water partition coefficient (Wildman–Crippen LogP) is 3.34. The molecule has 1 fully saturated rings. The zero-order chi connectivity index (χ0) is 16.1. The monoisotopic (exact) mass is 372 g/mol. The van der Waals surface area contributed by atoms with E-state index in [2.05, 4.69) is 45.1 Å². The van der Waals surface area contributed by atoms with Crippen molar-refractivity contribution in [1.29, 1.82) is 0 Å². The van der Waals surface area contributed by atoms with E-state index in [9.17, 15) is 4.79 Å². The number of benzene rings is 2.